The third-order valence-electron chi connectivity index (χ3n) is 4.84. The number of piperidine rings is 1. The van der Waals surface area contributed by atoms with Crippen LogP contribution < -0.4 is 5.32 Å². The minimum atomic E-state index is -0.609. The van der Waals surface area contributed by atoms with Crippen molar-refractivity contribution in [3.8, 4) is 0 Å². The largest absolute Gasteiger partial charge is 0.463 e. The van der Waals surface area contributed by atoms with Crippen molar-refractivity contribution in [2.75, 3.05) is 13.1 Å². The van der Waals surface area contributed by atoms with Crippen molar-refractivity contribution in [2.45, 2.75) is 25.1 Å². The third kappa shape index (κ3) is 3.47. The van der Waals surface area contributed by atoms with Gasteiger partial charge in [0.25, 0.3) is 5.91 Å². The number of nitrogens with one attached hydrogen (secondary N) is 1. The number of β-amino-alcohol motifs (C(OH)–C–C–N with tert-alkyl or cyclic N) is 1. The number of pyridine rings is 1. The average molecular weight is 351 g/mol. The van der Waals surface area contributed by atoms with Crippen LogP contribution in [-0.2, 0) is 6.54 Å². The van der Waals surface area contributed by atoms with Crippen LogP contribution in [0.5, 0.6) is 0 Å². The van der Waals surface area contributed by atoms with Crippen LogP contribution in [0.1, 0.15) is 22.3 Å². The van der Waals surface area contributed by atoms with Crippen molar-refractivity contribution in [3.63, 3.8) is 0 Å². The molecule has 2 atom stereocenters. The number of rotatable bonds is 4. The summed E-state index contributed by atoms with van der Waals surface area (Å²) in [7, 11) is 0. The summed E-state index contributed by atoms with van der Waals surface area (Å²) < 4.78 is 5.43. The molecule has 3 heterocycles. The highest BCUT2D eigenvalue weighted by molar-refractivity contribution is 6.06. The van der Waals surface area contributed by atoms with Crippen molar-refractivity contribution in [1.82, 2.24) is 15.2 Å². The van der Waals surface area contributed by atoms with E-state index in [-0.39, 0.29) is 11.9 Å². The van der Waals surface area contributed by atoms with E-state index >= 15 is 0 Å². The van der Waals surface area contributed by atoms with Gasteiger partial charge < -0.3 is 14.8 Å². The highest BCUT2D eigenvalue weighted by Crippen LogP contribution is 2.21. The molecule has 0 unspecified atom stereocenters. The molecule has 2 aromatic heterocycles. The Balaban J connectivity index is 1.38. The van der Waals surface area contributed by atoms with E-state index in [0.29, 0.717) is 24.1 Å². The van der Waals surface area contributed by atoms with Gasteiger partial charge in [0.05, 0.1) is 17.7 Å². The van der Waals surface area contributed by atoms with Gasteiger partial charge in [-0.2, -0.15) is 0 Å². The molecule has 1 aromatic carbocycles. The molecule has 1 aliphatic rings. The first-order valence-corrected chi connectivity index (χ1v) is 8.77. The summed E-state index contributed by atoms with van der Waals surface area (Å²) in [5.74, 6) is -0.209. The molecule has 1 amide bonds. The number of furan rings is 1. The number of benzene rings is 1. The maximum Gasteiger partial charge on any atom is 0.255 e. The normalized spacial score (nSPS) is 21.0. The van der Waals surface area contributed by atoms with E-state index in [1.165, 1.54) is 6.26 Å². The van der Waals surface area contributed by atoms with E-state index in [9.17, 15) is 9.90 Å². The predicted octanol–water partition coefficient (Wildman–Crippen LogP) is 2.19. The molecule has 6 nitrogen and oxygen atoms in total. The van der Waals surface area contributed by atoms with Gasteiger partial charge in [0.1, 0.15) is 11.8 Å². The zero-order valence-electron chi connectivity index (χ0n) is 14.3. The summed E-state index contributed by atoms with van der Waals surface area (Å²) >= 11 is 0. The van der Waals surface area contributed by atoms with Crippen molar-refractivity contribution in [1.29, 1.82) is 0 Å². The number of aromatic nitrogens is 1. The number of carbonyl (C=O) groups is 1. The molecule has 134 valence electrons. The third-order valence-corrected chi connectivity index (χ3v) is 4.84. The van der Waals surface area contributed by atoms with E-state index in [1.54, 1.807) is 6.20 Å². The second-order valence-electron chi connectivity index (χ2n) is 6.68. The Kier molecular flexibility index (Phi) is 4.69. The number of para-hydroxylation sites is 1. The zero-order valence-corrected chi connectivity index (χ0v) is 14.3. The Morgan fingerprint density at radius 3 is 3.00 bits per heavy atom. The molecule has 0 bridgehead atoms. The molecule has 1 fully saturated rings. The Bertz CT molecular complexity index is 893. The first-order chi connectivity index (χ1) is 12.7. The monoisotopic (exact) mass is 351 g/mol. The van der Waals surface area contributed by atoms with Crippen LogP contribution >= 0.6 is 0 Å². The molecule has 2 N–H and O–H groups in total. The smallest absolute Gasteiger partial charge is 0.255 e. The van der Waals surface area contributed by atoms with Gasteiger partial charge in [-0.05, 0) is 24.1 Å². The molecular formula is C20H21N3O3. The van der Waals surface area contributed by atoms with Gasteiger partial charge in [-0.1, -0.05) is 24.3 Å². The highest BCUT2D eigenvalue weighted by Gasteiger charge is 2.29. The number of amides is 1. The van der Waals surface area contributed by atoms with Crippen LogP contribution in [0.4, 0.5) is 0 Å². The lowest BCUT2D eigenvalue weighted by molar-refractivity contribution is 0.0349. The molecule has 6 heteroatoms. The van der Waals surface area contributed by atoms with Gasteiger partial charge in [-0.15, -0.1) is 0 Å². The summed E-state index contributed by atoms with van der Waals surface area (Å²) in [5, 5.41) is 14.2. The fourth-order valence-electron chi connectivity index (χ4n) is 3.46. The van der Waals surface area contributed by atoms with E-state index < -0.39 is 6.10 Å². The lowest BCUT2D eigenvalue weighted by atomic mass is 10.0. The van der Waals surface area contributed by atoms with Crippen LogP contribution in [0, 0.1) is 0 Å². The molecule has 4 rings (SSSR count). The maximum atomic E-state index is 12.6. The lowest BCUT2D eigenvalue weighted by Crippen LogP contribution is -2.53. The second kappa shape index (κ2) is 7.27. The number of nitrogens with zero attached hydrogens (tertiary/aromatic N) is 2. The van der Waals surface area contributed by atoms with Crippen LogP contribution in [0.25, 0.3) is 11.0 Å². The molecule has 0 aliphatic carbocycles. The maximum absolute atomic E-state index is 12.6. The van der Waals surface area contributed by atoms with Crippen molar-refractivity contribution in [2.24, 2.45) is 0 Å². The van der Waals surface area contributed by atoms with Gasteiger partial charge in [0.15, 0.2) is 0 Å². The van der Waals surface area contributed by atoms with E-state index in [1.807, 2.05) is 42.6 Å². The molecule has 0 spiro atoms. The fourth-order valence-corrected chi connectivity index (χ4v) is 3.46. The number of aliphatic hydroxyl groups is 1. The van der Waals surface area contributed by atoms with E-state index in [4.69, 9.17) is 4.42 Å². The molecular weight excluding hydrogens is 330 g/mol. The van der Waals surface area contributed by atoms with Gasteiger partial charge in [-0.25, -0.2) is 0 Å². The van der Waals surface area contributed by atoms with Crippen LogP contribution in [0.3, 0.4) is 0 Å². The number of fused-ring (bicyclic) bond motifs is 1. The molecule has 1 aliphatic heterocycles. The summed E-state index contributed by atoms with van der Waals surface area (Å²) in [6, 6.07) is 11.1. The SMILES string of the molecule is O=C(N[C@@H]1CCN(Cc2cccnc2)C[C@H]1O)c1coc2ccccc12. The molecule has 3 aromatic rings. The van der Waals surface area contributed by atoms with Crippen molar-refractivity contribution >= 4 is 16.9 Å². The van der Waals surface area contributed by atoms with E-state index in [0.717, 1.165) is 24.0 Å². The Hall–Kier alpha value is -2.70. The number of hydrogen-bond acceptors (Lipinski definition) is 5. The van der Waals surface area contributed by atoms with Crippen molar-refractivity contribution in [3.05, 3.63) is 66.2 Å². The number of likely N-dealkylation sites (tertiary alicyclic amines) is 1. The zero-order chi connectivity index (χ0) is 17.9. The van der Waals surface area contributed by atoms with Crippen LogP contribution in [0.2, 0.25) is 0 Å². The van der Waals surface area contributed by atoms with Crippen LogP contribution in [0.15, 0.2) is 59.5 Å². The summed E-state index contributed by atoms with van der Waals surface area (Å²) in [5.41, 5.74) is 2.31. The average Bonchev–Trinajstić information content (AvgIpc) is 3.09. The Morgan fingerprint density at radius 1 is 1.31 bits per heavy atom. The van der Waals surface area contributed by atoms with Crippen LogP contribution in [-0.4, -0.2) is 46.1 Å². The summed E-state index contributed by atoms with van der Waals surface area (Å²) in [4.78, 5) is 18.9. The molecule has 0 saturated carbocycles. The second-order valence-corrected chi connectivity index (χ2v) is 6.68. The quantitative estimate of drug-likeness (QED) is 0.753. The molecule has 26 heavy (non-hydrogen) atoms. The number of hydrogen-bond donors (Lipinski definition) is 2. The topological polar surface area (TPSA) is 78.6 Å². The minimum absolute atomic E-state index is 0.209. The van der Waals surface area contributed by atoms with Gasteiger partial charge in [0.2, 0.25) is 0 Å². The molecule has 1 saturated heterocycles. The number of carbonyl (C=O) groups excluding carboxylic acids is 1. The first-order valence-electron chi connectivity index (χ1n) is 8.77. The summed E-state index contributed by atoms with van der Waals surface area (Å²) in [6.07, 6.45) is 5.15. The first kappa shape index (κ1) is 16.8. The van der Waals surface area contributed by atoms with Gasteiger partial charge in [0, 0.05) is 37.4 Å². The Labute approximate surface area is 151 Å². The summed E-state index contributed by atoms with van der Waals surface area (Å²) in [6.45, 7) is 2.08. The van der Waals surface area contributed by atoms with Gasteiger partial charge in [-0.3, -0.25) is 14.7 Å². The molecule has 0 radical (unpaired) electrons. The Morgan fingerprint density at radius 2 is 2.19 bits per heavy atom. The minimum Gasteiger partial charge on any atom is -0.463 e. The van der Waals surface area contributed by atoms with Crippen molar-refractivity contribution < 1.29 is 14.3 Å². The fraction of sp³-hybridized carbons (Fsp3) is 0.300. The van der Waals surface area contributed by atoms with Gasteiger partial charge >= 0.3 is 0 Å². The lowest BCUT2D eigenvalue weighted by Gasteiger charge is -2.36. The van der Waals surface area contributed by atoms with E-state index in [2.05, 4.69) is 15.2 Å². The predicted molar refractivity (Wildman–Crippen MR) is 97.6 cm³/mol. The highest BCUT2D eigenvalue weighted by atomic mass is 16.3. The number of aliphatic hydroxyl groups excluding tert-OH is 1. The standard InChI is InChI=1S/C20H21N3O3/c24-18-12-23(11-14-4-3-8-21-10-14)9-7-17(18)22-20(25)16-13-26-19-6-2-1-5-15(16)19/h1-6,8,10,13,17-18,24H,7,9,11-12H2,(H,22,25)/t17-,18-/m1/s1.